The number of carbonyl (C=O) groups excluding carboxylic acids is 1. The molecule has 1 amide bonds. The van der Waals surface area contributed by atoms with Crippen molar-refractivity contribution in [1.82, 2.24) is 15.1 Å². The predicted octanol–water partition coefficient (Wildman–Crippen LogP) is 1.22. The number of rotatable bonds is 4. The minimum Gasteiger partial charge on any atom is -0.345 e. The largest absolute Gasteiger partial charge is 0.345 e. The standard InChI is InChI=1S/C13H16N4O3S/c1-9-12(8-14-15-9)21(19,20)16-11-6-4-5-10(7-11)13(18)17(2)3/h4-8,16H,1-3H3,(H,14,15). The first kappa shape index (κ1) is 15.0. The molecule has 2 aromatic rings. The van der Waals surface area contributed by atoms with Crippen LogP contribution in [0, 0.1) is 6.92 Å². The number of anilines is 1. The molecular formula is C13H16N4O3S. The van der Waals surface area contributed by atoms with E-state index in [1.165, 1.54) is 17.2 Å². The Hall–Kier alpha value is -2.35. The summed E-state index contributed by atoms with van der Waals surface area (Å²) in [4.78, 5) is 13.4. The molecule has 0 bridgehead atoms. The van der Waals surface area contributed by atoms with Gasteiger partial charge in [-0.25, -0.2) is 8.42 Å². The van der Waals surface area contributed by atoms with Crippen LogP contribution in [0.5, 0.6) is 0 Å². The number of hydrogen-bond acceptors (Lipinski definition) is 4. The second kappa shape index (κ2) is 5.57. The van der Waals surface area contributed by atoms with Gasteiger partial charge in [-0.05, 0) is 25.1 Å². The molecule has 1 heterocycles. The molecule has 112 valence electrons. The summed E-state index contributed by atoms with van der Waals surface area (Å²) in [5.74, 6) is -0.199. The zero-order valence-corrected chi connectivity index (χ0v) is 12.7. The number of aromatic amines is 1. The molecule has 2 N–H and O–H groups in total. The minimum atomic E-state index is -3.73. The molecule has 0 atom stereocenters. The van der Waals surface area contributed by atoms with Gasteiger partial charge in [0.2, 0.25) is 0 Å². The van der Waals surface area contributed by atoms with E-state index in [4.69, 9.17) is 0 Å². The number of hydrogen-bond donors (Lipinski definition) is 2. The van der Waals surface area contributed by atoms with Gasteiger partial charge < -0.3 is 4.90 Å². The maximum absolute atomic E-state index is 12.2. The van der Waals surface area contributed by atoms with E-state index in [2.05, 4.69) is 14.9 Å². The Bertz CT molecular complexity index is 765. The van der Waals surface area contributed by atoms with E-state index in [1.54, 1.807) is 39.2 Å². The summed E-state index contributed by atoms with van der Waals surface area (Å²) < 4.78 is 26.9. The van der Waals surface area contributed by atoms with Crippen LogP contribution < -0.4 is 4.72 Å². The topological polar surface area (TPSA) is 95.2 Å². The molecule has 8 heteroatoms. The van der Waals surface area contributed by atoms with Crippen molar-refractivity contribution >= 4 is 21.6 Å². The summed E-state index contributed by atoms with van der Waals surface area (Å²) in [7, 11) is -0.466. The van der Waals surface area contributed by atoms with Gasteiger partial charge in [-0.1, -0.05) is 6.07 Å². The van der Waals surface area contributed by atoms with Crippen LogP contribution in [0.3, 0.4) is 0 Å². The molecule has 2 rings (SSSR count). The van der Waals surface area contributed by atoms with Crippen molar-refractivity contribution in [2.24, 2.45) is 0 Å². The van der Waals surface area contributed by atoms with E-state index >= 15 is 0 Å². The fraction of sp³-hybridized carbons (Fsp3) is 0.231. The van der Waals surface area contributed by atoms with E-state index in [0.29, 0.717) is 16.9 Å². The number of amides is 1. The Morgan fingerprint density at radius 2 is 2.05 bits per heavy atom. The summed E-state index contributed by atoms with van der Waals surface area (Å²) in [5, 5.41) is 6.27. The van der Waals surface area contributed by atoms with Crippen LogP contribution in [-0.2, 0) is 10.0 Å². The molecule has 0 aliphatic rings. The van der Waals surface area contributed by atoms with Gasteiger partial charge >= 0.3 is 0 Å². The summed E-state index contributed by atoms with van der Waals surface area (Å²) >= 11 is 0. The molecule has 0 unspecified atom stereocenters. The van der Waals surface area contributed by atoms with Gasteiger partial charge in [-0.3, -0.25) is 14.6 Å². The number of benzene rings is 1. The highest BCUT2D eigenvalue weighted by atomic mass is 32.2. The molecule has 0 aliphatic carbocycles. The maximum Gasteiger partial charge on any atom is 0.265 e. The average Bonchev–Trinajstić information content (AvgIpc) is 2.84. The van der Waals surface area contributed by atoms with Gasteiger partial charge in [0.05, 0.1) is 11.9 Å². The van der Waals surface area contributed by atoms with Crippen molar-refractivity contribution in [2.75, 3.05) is 18.8 Å². The first-order valence-corrected chi connectivity index (χ1v) is 7.64. The fourth-order valence-electron chi connectivity index (χ4n) is 1.79. The molecular weight excluding hydrogens is 292 g/mol. The summed E-state index contributed by atoms with van der Waals surface area (Å²) in [6.45, 7) is 1.62. The molecule has 0 aliphatic heterocycles. The SMILES string of the molecule is Cc1[nH]ncc1S(=O)(=O)Nc1cccc(C(=O)N(C)C)c1. The van der Waals surface area contributed by atoms with Gasteiger partial charge in [0.15, 0.2) is 0 Å². The van der Waals surface area contributed by atoms with E-state index in [-0.39, 0.29) is 10.8 Å². The van der Waals surface area contributed by atoms with Gasteiger partial charge in [-0.2, -0.15) is 5.10 Å². The highest BCUT2D eigenvalue weighted by molar-refractivity contribution is 7.92. The molecule has 0 radical (unpaired) electrons. The van der Waals surface area contributed by atoms with Crippen LogP contribution in [0.4, 0.5) is 5.69 Å². The zero-order valence-electron chi connectivity index (χ0n) is 11.9. The van der Waals surface area contributed by atoms with Crippen molar-refractivity contribution < 1.29 is 13.2 Å². The minimum absolute atomic E-state index is 0.0758. The Kier molecular flexibility index (Phi) is 3.99. The lowest BCUT2D eigenvalue weighted by atomic mass is 10.2. The lowest BCUT2D eigenvalue weighted by molar-refractivity contribution is 0.0827. The van der Waals surface area contributed by atoms with E-state index in [1.807, 2.05) is 0 Å². The van der Waals surface area contributed by atoms with Crippen LogP contribution in [0.1, 0.15) is 16.1 Å². The third-order valence-corrected chi connectivity index (χ3v) is 4.34. The number of H-pyrrole nitrogens is 1. The fourth-order valence-corrected chi connectivity index (χ4v) is 2.98. The number of aryl methyl sites for hydroxylation is 1. The van der Waals surface area contributed by atoms with Crippen molar-refractivity contribution in [3.63, 3.8) is 0 Å². The van der Waals surface area contributed by atoms with Crippen molar-refractivity contribution in [3.05, 3.63) is 41.7 Å². The van der Waals surface area contributed by atoms with Crippen molar-refractivity contribution in [2.45, 2.75) is 11.8 Å². The lowest BCUT2D eigenvalue weighted by Crippen LogP contribution is -2.22. The second-order valence-electron chi connectivity index (χ2n) is 4.75. The number of nitrogens with zero attached hydrogens (tertiary/aromatic N) is 2. The van der Waals surface area contributed by atoms with Gasteiger partial charge in [-0.15, -0.1) is 0 Å². The number of nitrogens with one attached hydrogen (secondary N) is 2. The Morgan fingerprint density at radius 1 is 1.33 bits per heavy atom. The van der Waals surface area contributed by atoms with Crippen LogP contribution in [0.15, 0.2) is 35.4 Å². The third-order valence-electron chi connectivity index (χ3n) is 2.84. The van der Waals surface area contributed by atoms with Crippen molar-refractivity contribution in [1.29, 1.82) is 0 Å². The van der Waals surface area contributed by atoms with Gasteiger partial charge in [0, 0.05) is 25.3 Å². The zero-order chi connectivity index (χ0) is 15.6. The molecule has 0 saturated heterocycles. The number of sulfonamides is 1. The van der Waals surface area contributed by atoms with Crippen LogP contribution in [-0.4, -0.2) is 43.5 Å². The Balaban J connectivity index is 2.31. The summed E-state index contributed by atoms with van der Waals surface area (Å²) in [5.41, 5.74) is 1.18. The quantitative estimate of drug-likeness (QED) is 0.888. The molecule has 21 heavy (non-hydrogen) atoms. The van der Waals surface area contributed by atoms with E-state index in [9.17, 15) is 13.2 Å². The Morgan fingerprint density at radius 3 is 2.62 bits per heavy atom. The average molecular weight is 308 g/mol. The summed E-state index contributed by atoms with van der Waals surface area (Å²) in [6, 6.07) is 6.33. The maximum atomic E-state index is 12.2. The van der Waals surface area contributed by atoms with Gasteiger partial charge in [0.25, 0.3) is 15.9 Å². The van der Waals surface area contributed by atoms with Crippen molar-refractivity contribution in [3.8, 4) is 0 Å². The first-order valence-electron chi connectivity index (χ1n) is 6.16. The number of carbonyl (C=O) groups is 1. The monoisotopic (exact) mass is 308 g/mol. The number of aromatic nitrogens is 2. The normalized spacial score (nSPS) is 11.2. The van der Waals surface area contributed by atoms with Gasteiger partial charge in [0.1, 0.15) is 4.90 Å². The Labute approximate surface area is 123 Å². The predicted molar refractivity (Wildman–Crippen MR) is 78.6 cm³/mol. The highest BCUT2D eigenvalue weighted by Crippen LogP contribution is 2.18. The molecule has 1 aromatic carbocycles. The molecule has 0 spiro atoms. The summed E-state index contributed by atoms with van der Waals surface area (Å²) in [6.07, 6.45) is 1.24. The molecule has 0 saturated carbocycles. The first-order chi connectivity index (χ1) is 9.81. The third kappa shape index (κ3) is 3.22. The highest BCUT2D eigenvalue weighted by Gasteiger charge is 2.19. The van der Waals surface area contributed by atoms with Crippen LogP contribution in [0.2, 0.25) is 0 Å². The molecule has 1 aromatic heterocycles. The van der Waals surface area contributed by atoms with Crippen LogP contribution >= 0.6 is 0 Å². The molecule has 0 fully saturated rings. The smallest absolute Gasteiger partial charge is 0.265 e. The molecule has 7 nitrogen and oxygen atoms in total. The lowest BCUT2D eigenvalue weighted by Gasteiger charge is -2.12. The van der Waals surface area contributed by atoms with E-state index < -0.39 is 10.0 Å². The second-order valence-corrected chi connectivity index (χ2v) is 6.40. The van der Waals surface area contributed by atoms with Crippen LogP contribution in [0.25, 0.3) is 0 Å². The van der Waals surface area contributed by atoms with E-state index in [0.717, 1.165) is 0 Å².